The van der Waals surface area contributed by atoms with E-state index >= 15 is 0 Å². The van der Waals surface area contributed by atoms with Crippen LogP contribution in [0.2, 0.25) is 0 Å². The second-order valence-corrected chi connectivity index (χ2v) is 6.83. The molecule has 1 nitrogen and oxygen atoms in total. The molecule has 0 fully saturated rings. The summed E-state index contributed by atoms with van der Waals surface area (Å²) < 4.78 is 0. The number of hydrogen-bond acceptors (Lipinski definition) is 1. The van der Waals surface area contributed by atoms with E-state index < -0.39 is 0 Å². The number of nitrogens with one attached hydrogen (secondary N) is 1. The fraction of sp³-hybridized carbons (Fsp3) is 1.00. The third-order valence-electron chi connectivity index (χ3n) is 4.55. The van der Waals surface area contributed by atoms with E-state index in [0.29, 0.717) is 0 Å². The van der Waals surface area contributed by atoms with Crippen LogP contribution >= 0.6 is 0 Å². The SMILES string of the molecule is CCCCCCCCCCNCC(CCC)CCCCC. The Morgan fingerprint density at radius 1 is 0.571 bits per heavy atom. The molecule has 1 unspecified atom stereocenters. The van der Waals surface area contributed by atoms with E-state index in [4.69, 9.17) is 0 Å². The average Bonchev–Trinajstić information content (AvgIpc) is 2.49. The van der Waals surface area contributed by atoms with Crippen LogP contribution in [0.25, 0.3) is 0 Å². The summed E-state index contributed by atoms with van der Waals surface area (Å²) in [7, 11) is 0. The minimum Gasteiger partial charge on any atom is -0.316 e. The van der Waals surface area contributed by atoms with Crippen LogP contribution in [-0.4, -0.2) is 13.1 Å². The maximum absolute atomic E-state index is 3.71. The molecule has 0 saturated carbocycles. The van der Waals surface area contributed by atoms with E-state index in [1.165, 1.54) is 103 Å². The second kappa shape index (κ2) is 18.0. The van der Waals surface area contributed by atoms with Crippen molar-refractivity contribution >= 4 is 0 Å². The molecule has 0 amide bonds. The van der Waals surface area contributed by atoms with Crippen molar-refractivity contribution in [3.63, 3.8) is 0 Å². The van der Waals surface area contributed by atoms with Crippen molar-refractivity contribution in [3.05, 3.63) is 0 Å². The Labute approximate surface area is 135 Å². The van der Waals surface area contributed by atoms with Crippen molar-refractivity contribution in [2.24, 2.45) is 5.92 Å². The Kier molecular flexibility index (Phi) is 18.0. The molecule has 0 aliphatic heterocycles. The van der Waals surface area contributed by atoms with Crippen LogP contribution in [-0.2, 0) is 0 Å². The molecule has 1 atom stereocenters. The highest BCUT2D eigenvalue weighted by Gasteiger charge is 2.06. The van der Waals surface area contributed by atoms with Crippen molar-refractivity contribution in [1.29, 1.82) is 0 Å². The summed E-state index contributed by atoms with van der Waals surface area (Å²) in [6, 6.07) is 0. The van der Waals surface area contributed by atoms with Crippen LogP contribution in [0.1, 0.15) is 111 Å². The molecule has 0 saturated heterocycles. The predicted octanol–water partition coefficient (Wildman–Crippen LogP) is 6.71. The first kappa shape index (κ1) is 21.0. The van der Waals surface area contributed by atoms with Gasteiger partial charge in [0, 0.05) is 0 Å². The summed E-state index contributed by atoms with van der Waals surface area (Å²) in [5.74, 6) is 0.926. The standard InChI is InChI=1S/C20H43N/c1-4-7-9-10-11-12-13-15-18-21-19-20(16-6-3)17-14-8-5-2/h20-21H,4-19H2,1-3H3. The summed E-state index contributed by atoms with van der Waals surface area (Å²) in [6.07, 6.45) is 19.8. The Bertz CT molecular complexity index is 179. The van der Waals surface area contributed by atoms with Crippen LogP contribution in [0.15, 0.2) is 0 Å². The van der Waals surface area contributed by atoms with Gasteiger partial charge in [0.15, 0.2) is 0 Å². The molecular formula is C20H43N. The molecule has 0 aromatic rings. The van der Waals surface area contributed by atoms with Crippen LogP contribution in [0, 0.1) is 5.92 Å². The Morgan fingerprint density at radius 2 is 1.14 bits per heavy atom. The quantitative estimate of drug-likeness (QED) is 0.294. The molecule has 0 aliphatic carbocycles. The van der Waals surface area contributed by atoms with Gasteiger partial charge in [0.1, 0.15) is 0 Å². The minimum atomic E-state index is 0.926. The number of hydrogen-bond donors (Lipinski definition) is 1. The Morgan fingerprint density at radius 3 is 1.76 bits per heavy atom. The van der Waals surface area contributed by atoms with Crippen LogP contribution in [0.5, 0.6) is 0 Å². The first-order valence-corrected chi connectivity index (χ1v) is 10.1. The van der Waals surface area contributed by atoms with Gasteiger partial charge in [0.2, 0.25) is 0 Å². The summed E-state index contributed by atoms with van der Waals surface area (Å²) in [4.78, 5) is 0. The van der Waals surface area contributed by atoms with Crippen molar-refractivity contribution in [2.75, 3.05) is 13.1 Å². The van der Waals surface area contributed by atoms with E-state index in [2.05, 4.69) is 26.1 Å². The lowest BCUT2D eigenvalue weighted by molar-refractivity contribution is 0.395. The highest BCUT2D eigenvalue weighted by Crippen LogP contribution is 2.15. The lowest BCUT2D eigenvalue weighted by atomic mass is 9.96. The van der Waals surface area contributed by atoms with Crippen LogP contribution in [0.3, 0.4) is 0 Å². The van der Waals surface area contributed by atoms with Gasteiger partial charge in [-0.25, -0.2) is 0 Å². The fourth-order valence-corrected chi connectivity index (χ4v) is 3.13. The maximum atomic E-state index is 3.71. The third kappa shape index (κ3) is 16.2. The second-order valence-electron chi connectivity index (χ2n) is 6.83. The molecule has 1 heteroatoms. The molecule has 0 heterocycles. The van der Waals surface area contributed by atoms with Gasteiger partial charge in [-0.2, -0.15) is 0 Å². The van der Waals surface area contributed by atoms with E-state index in [0.717, 1.165) is 5.92 Å². The third-order valence-corrected chi connectivity index (χ3v) is 4.55. The largest absolute Gasteiger partial charge is 0.316 e. The summed E-state index contributed by atoms with van der Waals surface area (Å²) in [5, 5.41) is 3.71. The summed E-state index contributed by atoms with van der Waals surface area (Å²) >= 11 is 0. The molecule has 0 spiro atoms. The zero-order valence-electron chi connectivity index (χ0n) is 15.4. The van der Waals surface area contributed by atoms with E-state index in [9.17, 15) is 0 Å². The number of unbranched alkanes of at least 4 members (excludes halogenated alkanes) is 9. The fourth-order valence-electron chi connectivity index (χ4n) is 3.13. The van der Waals surface area contributed by atoms with Gasteiger partial charge in [-0.1, -0.05) is 91.4 Å². The van der Waals surface area contributed by atoms with Gasteiger partial charge in [-0.3, -0.25) is 0 Å². The van der Waals surface area contributed by atoms with Gasteiger partial charge in [0.25, 0.3) is 0 Å². The van der Waals surface area contributed by atoms with Gasteiger partial charge in [0.05, 0.1) is 0 Å². The maximum Gasteiger partial charge on any atom is -0.00205 e. The normalized spacial score (nSPS) is 12.7. The highest BCUT2D eigenvalue weighted by atomic mass is 14.8. The highest BCUT2D eigenvalue weighted by molar-refractivity contribution is 4.63. The van der Waals surface area contributed by atoms with Gasteiger partial charge in [-0.05, 0) is 38.3 Å². The molecule has 0 rings (SSSR count). The first-order chi connectivity index (χ1) is 10.3. The Balaban J connectivity index is 3.32. The molecule has 0 aromatic heterocycles. The van der Waals surface area contributed by atoms with Crippen molar-refractivity contribution in [1.82, 2.24) is 5.32 Å². The zero-order valence-corrected chi connectivity index (χ0v) is 15.4. The topological polar surface area (TPSA) is 12.0 Å². The zero-order chi connectivity index (χ0) is 15.6. The number of rotatable bonds is 17. The molecule has 0 bridgehead atoms. The minimum absolute atomic E-state index is 0.926. The molecule has 1 N–H and O–H groups in total. The van der Waals surface area contributed by atoms with Crippen LogP contribution < -0.4 is 5.32 Å². The molecule has 128 valence electrons. The average molecular weight is 298 g/mol. The molecular weight excluding hydrogens is 254 g/mol. The van der Waals surface area contributed by atoms with Crippen LogP contribution in [0.4, 0.5) is 0 Å². The molecule has 0 aromatic carbocycles. The van der Waals surface area contributed by atoms with E-state index in [-0.39, 0.29) is 0 Å². The van der Waals surface area contributed by atoms with Gasteiger partial charge >= 0.3 is 0 Å². The van der Waals surface area contributed by atoms with Gasteiger partial charge in [-0.15, -0.1) is 0 Å². The molecule has 0 aliphatic rings. The Hall–Kier alpha value is -0.0400. The summed E-state index contributed by atoms with van der Waals surface area (Å²) in [6.45, 7) is 9.41. The summed E-state index contributed by atoms with van der Waals surface area (Å²) in [5.41, 5.74) is 0. The van der Waals surface area contributed by atoms with E-state index in [1.54, 1.807) is 0 Å². The van der Waals surface area contributed by atoms with Crippen molar-refractivity contribution in [3.8, 4) is 0 Å². The monoisotopic (exact) mass is 297 g/mol. The first-order valence-electron chi connectivity index (χ1n) is 10.1. The van der Waals surface area contributed by atoms with Crippen molar-refractivity contribution < 1.29 is 0 Å². The predicted molar refractivity (Wildman–Crippen MR) is 98.0 cm³/mol. The van der Waals surface area contributed by atoms with Gasteiger partial charge < -0.3 is 5.32 Å². The smallest absolute Gasteiger partial charge is 0.00205 e. The lowest BCUT2D eigenvalue weighted by Gasteiger charge is -2.16. The molecule has 0 radical (unpaired) electrons. The lowest BCUT2D eigenvalue weighted by Crippen LogP contribution is -2.24. The van der Waals surface area contributed by atoms with Crippen molar-refractivity contribution in [2.45, 2.75) is 111 Å². The van der Waals surface area contributed by atoms with E-state index in [1.807, 2.05) is 0 Å². The molecule has 21 heavy (non-hydrogen) atoms.